The van der Waals surface area contributed by atoms with Crippen molar-refractivity contribution in [1.29, 1.82) is 0 Å². The number of ether oxygens (including phenoxy) is 2. The predicted octanol–water partition coefficient (Wildman–Crippen LogP) is 5.02. The van der Waals surface area contributed by atoms with Crippen LogP contribution in [0.2, 0.25) is 0 Å². The van der Waals surface area contributed by atoms with E-state index in [4.69, 9.17) is 9.47 Å². The Bertz CT molecular complexity index is 532. The average molecular weight is 308 g/mol. The van der Waals surface area contributed by atoms with Crippen LogP contribution in [0.3, 0.4) is 0 Å². The van der Waals surface area contributed by atoms with Gasteiger partial charge >= 0.3 is 0 Å². The summed E-state index contributed by atoms with van der Waals surface area (Å²) in [6.07, 6.45) is 11.9. The summed E-state index contributed by atoms with van der Waals surface area (Å²) in [6.45, 7) is 0.260. The number of hydrogen-bond donors (Lipinski definition) is 0. The number of hydrogen-bond acceptors (Lipinski definition) is 2. The van der Waals surface area contributed by atoms with Crippen molar-refractivity contribution >= 4 is 0 Å². The number of allylic oxidation sites excluding steroid dienone is 1. The monoisotopic (exact) mass is 308 g/mol. The molecule has 1 aromatic rings. The minimum absolute atomic E-state index is 0.0175. The molecule has 2 aliphatic rings. The molecule has 0 aliphatic heterocycles. The van der Waals surface area contributed by atoms with Gasteiger partial charge in [0.05, 0.1) is 6.10 Å². The molecule has 3 rings (SSSR count). The van der Waals surface area contributed by atoms with Crippen molar-refractivity contribution in [3.05, 3.63) is 35.9 Å². The minimum atomic E-state index is -0.967. The fourth-order valence-electron chi connectivity index (χ4n) is 2.92. The molecule has 0 amide bonds. The van der Waals surface area contributed by atoms with Gasteiger partial charge in [0.25, 0.3) is 0 Å². The Morgan fingerprint density at radius 2 is 1.64 bits per heavy atom. The summed E-state index contributed by atoms with van der Waals surface area (Å²) in [6, 6.07) is 2.89. The molecule has 0 atom stereocenters. The molecule has 0 radical (unpaired) electrons. The van der Waals surface area contributed by atoms with E-state index >= 15 is 0 Å². The van der Waals surface area contributed by atoms with E-state index in [1.54, 1.807) is 0 Å². The maximum atomic E-state index is 14.0. The second-order valence-corrected chi connectivity index (χ2v) is 6.14. The SMILES string of the molecule is Fc1c(OC/C=C/C2CCCC2)ccc(OC2CCC2)c1F. The van der Waals surface area contributed by atoms with Crippen LogP contribution in [0.25, 0.3) is 0 Å². The summed E-state index contributed by atoms with van der Waals surface area (Å²) in [4.78, 5) is 0. The van der Waals surface area contributed by atoms with Crippen LogP contribution < -0.4 is 9.47 Å². The first-order chi connectivity index (χ1) is 10.7. The lowest BCUT2D eigenvalue weighted by atomic mass is 9.96. The van der Waals surface area contributed by atoms with Gasteiger partial charge in [-0.2, -0.15) is 8.78 Å². The van der Waals surface area contributed by atoms with Gasteiger partial charge in [-0.1, -0.05) is 25.0 Å². The van der Waals surface area contributed by atoms with E-state index in [1.807, 2.05) is 6.08 Å². The van der Waals surface area contributed by atoms with E-state index in [2.05, 4.69) is 6.08 Å². The molecule has 4 heteroatoms. The molecule has 22 heavy (non-hydrogen) atoms. The van der Waals surface area contributed by atoms with E-state index < -0.39 is 11.6 Å². The maximum Gasteiger partial charge on any atom is 0.204 e. The van der Waals surface area contributed by atoms with Gasteiger partial charge in [0.2, 0.25) is 11.6 Å². The molecule has 2 aliphatic carbocycles. The van der Waals surface area contributed by atoms with Crippen LogP contribution >= 0.6 is 0 Å². The van der Waals surface area contributed by atoms with Gasteiger partial charge in [0.15, 0.2) is 11.5 Å². The van der Waals surface area contributed by atoms with E-state index in [9.17, 15) is 8.78 Å². The molecular weight excluding hydrogens is 286 g/mol. The molecule has 2 fully saturated rings. The third-order valence-electron chi connectivity index (χ3n) is 4.50. The van der Waals surface area contributed by atoms with Crippen molar-refractivity contribution in [3.63, 3.8) is 0 Å². The Labute approximate surface area is 130 Å². The van der Waals surface area contributed by atoms with Gasteiger partial charge in [-0.25, -0.2) is 0 Å². The Hall–Kier alpha value is -1.58. The zero-order valence-corrected chi connectivity index (χ0v) is 12.7. The van der Waals surface area contributed by atoms with Gasteiger partial charge < -0.3 is 9.47 Å². The summed E-state index contributed by atoms with van der Waals surface area (Å²) < 4.78 is 38.6. The van der Waals surface area contributed by atoms with E-state index in [0.717, 1.165) is 19.3 Å². The van der Waals surface area contributed by atoms with Crippen molar-refractivity contribution < 1.29 is 18.3 Å². The smallest absolute Gasteiger partial charge is 0.204 e. The molecule has 0 unspecified atom stereocenters. The molecule has 2 saturated carbocycles. The van der Waals surface area contributed by atoms with Gasteiger partial charge in [0.1, 0.15) is 6.61 Å². The fraction of sp³-hybridized carbons (Fsp3) is 0.556. The molecule has 0 saturated heterocycles. The lowest BCUT2D eigenvalue weighted by molar-refractivity contribution is 0.113. The van der Waals surface area contributed by atoms with Crippen molar-refractivity contribution in [2.24, 2.45) is 5.92 Å². The lowest BCUT2D eigenvalue weighted by Crippen LogP contribution is -2.25. The Balaban J connectivity index is 1.55. The first kappa shape index (κ1) is 15.3. The normalized spacial score (nSPS) is 19.5. The number of halogens is 2. The van der Waals surface area contributed by atoms with Crippen molar-refractivity contribution in [1.82, 2.24) is 0 Å². The topological polar surface area (TPSA) is 18.5 Å². The first-order valence-corrected chi connectivity index (χ1v) is 8.18. The molecule has 2 nitrogen and oxygen atoms in total. The Morgan fingerprint density at radius 1 is 0.955 bits per heavy atom. The third-order valence-corrected chi connectivity index (χ3v) is 4.50. The fourth-order valence-corrected chi connectivity index (χ4v) is 2.92. The van der Waals surface area contributed by atoms with Crippen LogP contribution in [-0.2, 0) is 0 Å². The summed E-state index contributed by atoms with van der Waals surface area (Å²) in [5.74, 6) is -1.38. The Kier molecular flexibility index (Phi) is 4.96. The molecule has 0 bridgehead atoms. The maximum absolute atomic E-state index is 14.0. The van der Waals surface area contributed by atoms with Crippen LogP contribution in [0, 0.1) is 17.6 Å². The van der Waals surface area contributed by atoms with E-state index in [1.165, 1.54) is 37.8 Å². The molecule has 120 valence electrons. The van der Waals surface area contributed by atoms with Crippen molar-refractivity contribution in [3.8, 4) is 11.5 Å². The standard InChI is InChI=1S/C18H22F2O2/c19-17-15(21-12-4-7-13-5-1-2-6-13)10-11-16(18(17)20)22-14-8-3-9-14/h4,7,10-11,13-14H,1-3,5-6,8-9,12H2/b7-4+. The molecule has 0 spiro atoms. The first-order valence-electron chi connectivity index (χ1n) is 8.18. The summed E-state index contributed by atoms with van der Waals surface area (Å²) in [7, 11) is 0. The second kappa shape index (κ2) is 7.12. The lowest BCUT2D eigenvalue weighted by Gasteiger charge is -2.26. The van der Waals surface area contributed by atoms with Gasteiger partial charge in [0, 0.05) is 0 Å². The van der Waals surface area contributed by atoms with Gasteiger partial charge in [-0.15, -0.1) is 0 Å². The van der Waals surface area contributed by atoms with Crippen LogP contribution in [0.1, 0.15) is 44.9 Å². The highest BCUT2D eigenvalue weighted by Crippen LogP contribution is 2.31. The molecule has 0 heterocycles. The average Bonchev–Trinajstić information content (AvgIpc) is 2.98. The van der Waals surface area contributed by atoms with Crippen LogP contribution in [-0.4, -0.2) is 12.7 Å². The minimum Gasteiger partial charge on any atom is -0.487 e. The van der Waals surface area contributed by atoms with Crippen LogP contribution in [0.4, 0.5) is 8.78 Å². The van der Waals surface area contributed by atoms with Crippen LogP contribution in [0.15, 0.2) is 24.3 Å². The molecular formula is C18H22F2O2. The van der Waals surface area contributed by atoms with Gasteiger partial charge in [-0.05, 0) is 50.2 Å². The number of rotatable bonds is 6. The molecule has 0 aromatic heterocycles. The zero-order valence-electron chi connectivity index (χ0n) is 12.7. The van der Waals surface area contributed by atoms with Crippen molar-refractivity contribution in [2.45, 2.75) is 51.0 Å². The summed E-state index contributed by atoms with van der Waals surface area (Å²) in [5, 5.41) is 0. The molecule has 1 aromatic carbocycles. The zero-order chi connectivity index (χ0) is 15.4. The molecule has 0 N–H and O–H groups in total. The summed E-state index contributed by atoms with van der Waals surface area (Å²) in [5.41, 5.74) is 0. The van der Waals surface area contributed by atoms with Crippen LogP contribution in [0.5, 0.6) is 11.5 Å². The highest BCUT2D eigenvalue weighted by atomic mass is 19.2. The Morgan fingerprint density at radius 3 is 2.32 bits per heavy atom. The highest BCUT2D eigenvalue weighted by molar-refractivity contribution is 5.35. The quantitative estimate of drug-likeness (QED) is 0.687. The van der Waals surface area contributed by atoms with Gasteiger partial charge in [-0.3, -0.25) is 0 Å². The van der Waals surface area contributed by atoms with E-state index in [0.29, 0.717) is 5.92 Å². The predicted molar refractivity (Wildman–Crippen MR) is 81.2 cm³/mol. The third kappa shape index (κ3) is 3.60. The number of benzene rings is 1. The second-order valence-electron chi connectivity index (χ2n) is 6.14. The van der Waals surface area contributed by atoms with Crippen molar-refractivity contribution in [2.75, 3.05) is 6.61 Å². The summed E-state index contributed by atoms with van der Waals surface area (Å²) >= 11 is 0. The highest BCUT2D eigenvalue weighted by Gasteiger charge is 2.23. The van der Waals surface area contributed by atoms with E-state index in [-0.39, 0.29) is 24.2 Å². The largest absolute Gasteiger partial charge is 0.487 e.